The van der Waals surface area contributed by atoms with Crippen molar-refractivity contribution in [2.45, 2.75) is 31.4 Å². The lowest BCUT2D eigenvalue weighted by Gasteiger charge is -2.23. The number of rotatable bonds is 2. The van der Waals surface area contributed by atoms with Crippen molar-refractivity contribution >= 4 is 11.8 Å². The third-order valence-corrected chi connectivity index (χ3v) is 2.73. The van der Waals surface area contributed by atoms with E-state index in [0.29, 0.717) is 0 Å². The van der Waals surface area contributed by atoms with Gasteiger partial charge in [-0.1, -0.05) is 13.3 Å². The van der Waals surface area contributed by atoms with Gasteiger partial charge in [-0.2, -0.15) is 11.8 Å². The average molecular weight is 116 g/mol. The fourth-order valence-electron chi connectivity index (χ4n) is 0.773. The Morgan fingerprint density at radius 2 is 2.29 bits per heavy atom. The Morgan fingerprint density at radius 3 is 2.43 bits per heavy atom. The van der Waals surface area contributed by atoms with Gasteiger partial charge in [0.05, 0.1) is 0 Å². The maximum absolute atomic E-state index is 2.24. The largest absolute Gasteiger partial charge is 0.159 e. The highest BCUT2D eigenvalue weighted by Gasteiger charge is 2.15. The van der Waals surface area contributed by atoms with Crippen molar-refractivity contribution in [2.24, 2.45) is 0 Å². The summed E-state index contributed by atoms with van der Waals surface area (Å²) in [5, 5.41) is 1.05. The minimum absolute atomic E-state index is 1.05. The van der Waals surface area contributed by atoms with E-state index in [-0.39, 0.29) is 0 Å². The molecule has 0 heterocycles. The first kappa shape index (κ1) is 5.49. The van der Waals surface area contributed by atoms with E-state index in [1.807, 2.05) is 0 Å². The van der Waals surface area contributed by atoms with Gasteiger partial charge in [0, 0.05) is 5.25 Å². The summed E-state index contributed by atoms with van der Waals surface area (Å²) in [7, 11) is 0. The average Bonchev–Trinajstić information content (AvgIpc) is 1.55. The first-order valence-electron chi connectivity index (χ1n) is 3.05. The molecule has 0 aromatic carbocycles. The Labute approximate surface area is 49.7 Å². The third kappa shape index (κ3) is 1.37. The van der Waals surface area contributed by atoms with Crippen molar-refractivity contribution in [1.29, 1.82) is 0 Å². The van der Waals surface area contributed by atoms with Crippen molar-refractivity contribution in [3.05, 3.63) is 0 Å². The van der Waals surface area contributed by atoms with Crippen LogP contribution in [0.25, 0.3) is 0 Å². The zero-order valence-electron chi connectivity index (χ0n) is 4.81. The van der Waals surface area contributed by atoms with Crippen molar-refractivity contribution in [1.82, 2.24) is 0 Å². The zero-order valence-corrected chi connectivity index (χ0v) is 5.63. The second-order valence-electron chi connectivity index (χ2n) is 2.01. The standard InChI is InChI=1S/C6H12S/c1-2-7-6-4-3-5-6/h6H,2-5H2,1H3. The molecule has 0 radical (unpaired) electrons. The van der Waals surface area contributed by atoms with E-state index in [0.717, 1.165) is 5.25 Å². The second-order valence-corrected chi connectivity index (χ2v) is 3.59. The Morgan fingerprint density at radius 1 is 1.57 bits per heavy atom. The first-order chi connectivity index (χ1) is 3.43. The molecule has 0 nitrogen and oxygen atoms in total. The van der Waals surface area contributed by atoms with Gasteiger partial charge in [-0.15, -0.1) is 0 Å². The fraction of sp³-hybridized carbons (Fsp3) is 1.00. The predicted octanol–water partition coefficient (Wildman–Crippen LogP) is 2.29. The van der Waals surface area contributed by atoms with Crippen LogP contribution in [0.15, 0.2) is 0 Å². The maximum Gasteiger partial charge on any atom is 0.00469 e. The van der Waals surface area contributed by atoms with E-state index in [9.17, 15) is 0 Å². The van der Waals surface area contributed by atoms with Gasteiger partial charge in [0.25, 0.3) is 0 Å². The SMILES string of the molecule is CCSC1CCC1. The van der Waals surface area contributed by atoms with Crippen LogP contribution in [-0.4, -0.2) is 11.0 Å². The molecule has 1 fully saturated rings. The molecule has 1 heteroatoms. The van der Waals surface area contributed by atoms with Gasteiger partial charge in [-0.3, -0.25) is 0 Å². The highest BCUT2D eigenvalue weighted by molar-refractivity contribution is 7.99. The molecule has 0 aliphatic heterocycles. The lowest BCUT2D eigenvalue weighted by molar-refractivity contribution is 0.522. The van der Waals surface area contributed by atoms with Crippen LogP contribution in [0.4, 0.5) is 0 Å². The number of hydrogen-bond donors (Lipinski definition) is 0. The molecule has 0 saturated heterocycles. The van der Waals surface area contributed by atoms with Crippen molar-refractivity contribution in [3.8, 4) is 0 Å². The van der Waals surface area contributed by atoms with Crippen LogP contribution < -0.4 is 0 Å². The quantitative estimate of drug-likeness (QED) is 0.533. The lowest BCUT2D eigenvalue weighted by atomic mass is 10.0. The summed E-state index contributed by atoms with van der Waals surface area (Å²) in [5.74, 6) is 1.31. The van der Waals surface area contributed by atoms with E-state index in [1.165, 1.54) is 25.0 Å². The molecule has 0 amide bonds. The van der Waals surface area contributed by atoms with E-state index < -0.39 is 0 Å². The van der Waals surface area contributed by atoms with Crippen LogP contribution in [0.5, 0.6) is 0 Å². The first-order valence-corrected chi connectivity index (χ1v) is 4.10. The van der Waals surface area contributed by atoms with E-state index in [4.69, 9.17) is 0 Å². The summed E-state index contributed by atoms with van der Waals surface area (Å²) in [4.78, 5) is 0. The Balaban J connectivity index is 1.93. The number of thioether (sulfide) groups is 1. The topological polar surface area (TPSA) is 0 Å². The zero-order chi connectivity index (χ0) is 5.11. The van der Waals surface area contributed by atoms with Gasteiger partial charge in [-0.25, -0.2) is 0 Å². The molecule has 0 N–H and O–H groups in total. The second kappa shape index (κ2) is 2.61. The van der Waals surface area contributed by atoms with Crippen LogP contribution in [-0.2, 0) is 0 Å². The third-order valence-electron chi connectivity index (χ3n) is 1.45. The van der Waals surface area contributed by atoms with E-state index >= 15 is 0 Å². The molecular formula is C6H12S. The molecule has 1 saturated carbocycles. The Kier molecular flexibility index (Phi) is 2.04. The van der Waals surface area contributed by atoms with E-state index in [1.54, 1.807) is 0 Å². The molecule has 0 spiro atoms. The van der Waals surface area contributed by atoms with Gasteiger partial charge in [-0.05, 0) is 18.6 Å². The summed E-state index contributed by atoms with van der Waals surface area (Å²) in [6.07, 6.45) is 4.45. The Bertz CT molecular complexity index is 48.1. The highest BCUT2D eigenvalue weighted by Crippen LogP contribution is 2.30. The molecule has 1 aliphatic rings. The molecule has 0 aromatic heterocycles. The molecule has 0 unspecified atom stereocenters. The summed E-state index contributed by atoms with van der Waals surface area (Å²) in [6, 6.07) is 0. The fourth-order valence-corrected chi connectivity index (χ4v) is 1.91. The molecule has 0 aromatic rings. The van der Waals surface area contributed by atoms with Gasteiger partial charge in [0.1, 0.15) is 0 Å². The molecule has 42 valence electrons. The monoisotopic (exact) mass is 116 g/mol. The predicted molar refractivity (Wildman–Crippen MR) is 35.8 cm³/mol. The van der Waals surface area contributed by atoms with Crippen LogP contribution in [0.3, 0.4) is 0 Å². The maximum atomic E-state index is 2.24. The molecule has 0 bridgehead atoms. The van der Waals surface area contributed by atoms with Crippen LogP contribution >= 0.6 is 11.8 Å². The minimum Gasteiger partial charge on any atom is -0.159 e. The van der Waals surface area contributed by atoms with Gasteiger partial charge in [0.15, 0.2) is 0 Å². The van der Waals surface area contributed by atoms with Gasteiger partial charge in [0.2, 0.25) is 0 Å². The molecule has 0 atom stereocenters. The molecule has 1 aliphatic carbocycles. The van der Waals surface area contributed by atoms with Gasteiger partial charge < -0.3 is 0 Å². The highest BCUT2D eigenvalue weighted by atomic mass is 32.2. The van der Waals surface area contributed by atoms with Crippen molar-refractivity contribution in [3.63, 3.8) is 0 Å². The summed E-state index contributed by atoms with van der Waals surface area (Å²) in [6.45, 7) is 2.24. The number of hydrogen-bond acceptors (Lipinski definition) is 1. The summed E-state index contributed by atoms with van der Waals surface area (Å²) >= 11 is 2.12. The molecular weight excluding hydrogens is 104 g/mol. The van der Waals surface area contributed by atoms with Crippen molar-refractivity contribution in [2.75, 3.05) is 5.75 Å². The lowest BCUT2D eigenvalue weighted by Crippen LogP contribution is -2.12. The van der Waals surface area contributed by atoms with Crippen LogP contribution in [0, 0.1) is 0 Å². The van der Waals surface area contributed by atoms with Crippen molar-refractivity contribution < 1.29 is 0 Å². The normalized spacial score (nSPS) is 21.9. The van der Waals surface area contributed by atoms with Crippen LogP contribution in [0.1, 0.15) is 26.2 Å². The minimum atomic E-state index is 1.05. The van der Waals surface area contributed by atoms with Crippen LogP contribution in [0.2, 0.25) is 0 Å². The molecule has 1 rings (SSSR count). The Hall–Kier alpha value is 0.350. The summed E-state index contributed by atoms with van der Waals surface area (Å²) < 4.78 is 0. The van der Waals surface area contributed by atoms with E-state index in [2.05, 4.69) is 18.7 Å². The molecule has 7 heavy (non-hydrogen) atoms. The van der Waals surface area contributed by atoms with Gasteiger partial charge >= 0.3 is 0 Å². The summed E-state index contributed by atoms with van der Waals surface area (Å²) in [5.41, 5.74) is 0. The smallest absolute Gasteiger partial charge is 0.00469 e.